The molecule has 0 saturated heterocycles. The first kappa shape index (κ1) is 20.3. The van der Waals surface area contributed by atoms with Crippen LogP contribution in [0.15, 0.2) is 72.8 Å². The van der Waals surface area contributed by atoms with Crippen molar-refractivity contribution in [2.45, 2.75) is 0 Å². The third-order valence-electron chi connectivity index (χ3n) is 4.17. The molecule has 0 aliphatic carbocycles. The molecule has 30 heavy (non-hydrogen) atoms. The summed E-state index contributed by atoms with van der Waals surface area (Å²) in [4.78, 5) is 46.5. The van der Waals surface area contributed by atoms with Crippen LogP contribution < -0.4 is 10.6 Å². The van der Waals surface area contributed by atoms with Gasteiger partial charge in [0.15, 0.2) is 0 Å². The lowest BCUT2D eigenvalue weighted by atomic mass is 10.1. The van der Waals surface area contributed by atoms with E-state index in [-0.39, 0.29) is 22.3 Å². The second kappa shape index (κ2) is 8.70. The molecule has 0 atom stereocenters. The highest BCUT2D eigenvalue weighted by molar-refractivity contribution is 6.07. The van der Waals surface area contributed by atoms with Crippen LogP contribution in [0.25, 0.3) is 0 Å². The van der Waals surface area contributed by atoms with Crippen molar-refractivity contribution in [2.75, 3.05) is 10.6 Å². The van der Waals surface area contributed by atoms with Crippen LogP contribution in [0.4, 0.5) is 11.4 Å². The Labute approximate surface area is 170 Å². The van der Waals surface area contributed by atoms with Gasteiger partial charge < -0.3 is 20.8 Å². The average Bonchev–Trinajstić information content (AvgIpc) is 2.74. The molecule has 0 aliphatic heterocycles. The summed E-state index contributed by atoms with van der Waals surface area (Å²) in [5.41, 5.74) is 1.59. The fourth-order valence-corrected chi connectivity index (χ4v) is 2.61. The van der Waals surface area contributed by atoms with E-state index < -0.39 is 23.8 Å². The van der Waals surface area contributed by atoms with Crippen molar-refractivity contribution in [3.63, 3.8) is 0 Å². The molecule has 0 bridgehead atoms. The molecule has 2 amide bonds. The first-order chi connectivity index (χ1) is 14.3. The van der Waals surface area contributed by atoms with E-state index in [9.17, 15) is 19.2 Å². The number of nitrogens with one attached hydrogen (secondary N) is 2. The number of carbonyl (C=O) groups is 4. The van der Waals surface area contributed by atoms with Crippen molar-refractivity contribution < 1.29 is 29.4 Å². The molecular weight excluding hydrogens is 388 g/mol. The second-order valence-electron chi connectivity index (χ2n) is 6.25. The van der Waals surface area contributed by atoms with Crippen molar-refractivity contribution in [3.8, 4) is 0 Å². The number of aromatic carboxylic acids is 2. The van der Waals surface area contributed by atoms with Crippen molar-refractivity contribution in [2.24, 2.45) is 0 Å². The summed E-state index contributed by atoms with van der Waals surface area (Å²) in [6.07, 6.45) is 0. The monoisotopic (exact) mass is 404 g/mol. The molecule has 8 nitrogen and oxygen atoms in total. The van der Waals surface area contributed by atoms with Crippen LogP contribution in [-0.2, 0) is 0 Å². The molecule has 0 aliphatic rings. The van der Waals surface area contributed by atoms with Gasteiger partial charge in [-0.1, -0.05) is 6.07 Å². The molecule has 3 rings (SSSR count). The molecule has 0 saturated carbocycles. The van der Waals surface area contributed by atoms with Gasteiger partial charge in [-0.2, -0.15) is 0 Å². The quantitative estimate of drug-likeness (QED) is 0.496. The molecule has 4 N–H and O–H groups in total. The Hall–Kier alpha value is -4.46. The van der Waals surface area contributed by atoms with Gasteiger partial charge in [0.05, 0.1) is 11.1 Å². The summed E-state index contributed by atoms with van der Waals surface area (Å²) < 4.78 is 0. The van der Waals surface area contributed by atoms with E-state index in [1.165, 1.54) is 48.5 Å². The van der Waals surface area contributed by atoms with Gasteiger partial charge in [-0.3, -0.25) is 9.59 Å². The Kier molecular flexibility index (Phi) is 5.88. The van der Waals surface area contributed by atoms with E-state index in [4.69, 9.17) is 10.2 Å². The normalized spacial score (nSPS) is 10.1. The lowest BCUT2D eigenvalue weighted by Crippen LogP contribution is -2.14. The van der Waals surface area contributed by atoms with E-state index in [0.717, 1.165) is 0 Å². The fourth-order valence-electron chi connectivity index (χ4n) is 2.61. The number of anilines is 2. The van der Waals surface area contributed by atoms with Gasteiger partial charge in [0.25, 0.3) is 11.8 Å². The van der Waals surface area contributed by atoms with Crippen LogP contribution >= 0.6 is 0 Å². The molecule has 0 radical (unpaired) electrons. The SMILES string of the molecule is O=C(O)c1ccc(C(=O)Nc2cccc(NC(=O)c3ccc(C(=O)O)cc3)c2)cc1. The predicted octanol–water partition coefficient (Wildman–Crippen LogP) is 3.59. The van der Waals surface area contributed by atoms with Gasteiger partial charge in [-0.15, -0.1) is 0 Å². The van der Waals surface area contributed by atoms with Gasteiger partial charge >= 0.3 is 11.9 Å². The highest BCUT2D eigenvalue weighted by atomic mass is 16.4. The van der Waals surface area contributed by atoms with Gasteiger partial charge in [-0.25, -0.2) is 9.59 Å². The highest BCUT2D eigenvalue weighted by Gasteiger charge is 2.11. The lowest BCUT2D eigenvalue weighted by Gasteiger charge is -2.09. The molecule has 0 aromatic heterocycles. The highest BCUT2D eigenvalue weighted by Crippen LogP contribution is 2.18. The molecule has 0 heterocycles. The first-order valence-electron chi connectivity index (χ1n) is 8.73. The van der Waals surface area contributed by atoms with Crippen molar-refractivity contribution >= 4 is 35.1 Å². The summed E-state index contributed by atoms with van der Waals surface area (Å²) in [6, 6.07) is 17.5. The molecule has 3 aromatic carbocycles. The maximum Gasteiger partial charge on any atom is 0.335 e. The summed E-state index contributed by atoms with van der Waals surface area (Å²) in [5.74, 6) is -3.02. The Morgan fingerprint density at radius 2 is 0.867 bits per heavy atom. The van der Waals surface area contributed by atoms with E-state index in [0.29, 0.717) is 11.4 Å². The van der Waals surface area contributed by atoms with E-state index >= 15 is 0 Å². The fraction of sp³-hybridized carbons (Fsp3) is 0. The topological polar surface area (TPSA) is 133 Å². The number of benzene rings is 3. The zero-order chi connectivity index (χ0) is 21.7. The number of rotatable bonds is 6. The van der Waals surface area contributed by atoms with E-state index in [2.05, 4.69) is 10.6 Å². The molecule has 0 spiro atoms. The third kappa shape index (κ3) is 4.87. The molecule has 0 unspecified atom stereocenters. The van der Waals surface area contributed by atoms with E-state index in [1.54, 1.807) is 24.3 Å². The maximum atomic E-state index is 12.3. The van der Waals surface area contributed by atoms with Crippen molar-refractivity contribution in [3.05, 3.63) is 95.1 Å². The number of amides is 2. The van der Waals surface area contributed by atoms with Gasteiger partial charge in [0, 0.05) is 22.5 Å². The molecular formula is C22H16N2O6. The van der Waals surface area contributed by atoms with Crippen LogP contribution in [0.5, 0.6) is 0 Å². The average molecular weight is 404 g/mol. The van der Waals surface area contributed by atoms with Crippen LogP contribution in [0.3, 0.4) is 0 Å². The number of carboxylic acid groups (broad SMARTS) is 2. The van der Waals surface area contributed by atoms with Crippen molar-refractivity contribution in [1.29, 1.82) is 0 Å². The van der Waals surface area contributed by atoms with Crippen LogP contribution in [-0.4, -0.2) is 34.0 Å². The largest absolute Gasteiger partial charge is 0.478 e. The zero-order valence-electron chi connectivity index (χ0n) is 15.5. The molecule has 8 heteroatoms. The predicted molar refractivity (Wildman–Crippen MR) is 109 cm³/mol. The number of hydrogen-bond acceptors (Lipinski definition) is 4. The van der Waals surface area contributed by atoms with Crippen LogP contribution in [0, 0.1) is 0 Å². The molecule has 3 aromatic rings. The number of hydrogen-bond donors (Lipinski definition) is 4. The summed E-state index contributed by atoms with van der Waals surface area (Å²) in [7, 11) is 0. The smallest absolute Gasteiger partial charge is 0.335 e. The molecule has 0 fully saturated rings. The van der Waals surface area contributed by atoms with Crippen LogP contribution in [0.1, 0.15) is 41.4 Å². The minimum atomic E-state index is -1.08. The maximum absolute atomic E-state index is 12.3. The number of carbonyl (C=O) groups excluding carboxylic acids is 2. The van der Waals surface area contributed by atoms with E-state index in [1.807, 2.05) is 0 Å². The van der Waals surface area contributed by atoms with Crippen molar-refractivity contribution in [1.82, 2.24) is 0 Å². The summed E-state index contributed by atoms with van der Waals surface area (Å²) in [5, 5.41) is 23.2. The Morgan fingerprint density at radius 1 is 0.533 bits per heavy atom. The number of carboxylic acids is 2. The minimum absolute atomic E-state index is 0.0765. The third-order valence-corrected chi connectivity index (χ3v) is 4.17. The summed E-state index contributed by atoms with van der Waals surface area (Å²) >= 11 is 0. The molecule has 150 valence electrons. The Bertz CT molecular complexity index is 1030. The first-order valence-corrected chi connectivity index (χ1v) is 8.73. The van der Waals surface area contributed by atoms with Crippen LogP contribution in [0.2, 0.25) is 0 Å². The second-order valence-corrected chi connectivity index (χ2v) is 6.25. The van der Waals surface area contributed by atoms with Gasteiger partial charge in [0.2, 0.25) is 0 Å². The minimum Gasteiger partial charge on any atom is -0.478 e. The standard InChI is InChI=1S/C22H16N2O6/c25-19(13-4-8-15(9-5-13)21(27)28)23-17-2-1-3-18(12-17)24-20(26)14-6-10-16(11-7-14)22(29)30/h1-12H,(H,23,25)(H,24,26)(H,27,28)(H,29,30). The zero-order valence-corrected chi connectivity index (χ0v) is 15.5. The Morgan fingerprint density at radius 3 is 1.20 bits per heavy atom. The van der Waals surface area contributed by atoms with Gasteiger partial charge in [0.1, 0.15) is 0 Å². The Balaban J connectivity index is 1.68. The summed E-state index contributed by atoms with van der Waals surface area (Å²) in [6.45, 7) is 0. The lowest BCUT2D eigenvalue weighted by molar-refractivity contribution is 0.0686. The van der Waals surface area contributed by atoms with Gasteiger partial charge in [-0.05, 0) is 66.7 Å².